The number of nitrogens with one attached hydrogen (secondary N) is 2. The van der Waals surface area contributed by atoms with Gasteiger partial charge in [-0.2, -0.15) is 4.98 Å². The molecule has 1 amide bonds. The maximum Gasteiger partial charge on any atom is 0.234 e. The van der Waals surface area contributed by atoms with Crippen molar-refractivity contribution < 1.29 is 9.53 Å². The van der Waals surface area contributed by atoms with Crippen molar-refractivity contribution in [3.63, 3.8) is 0 Å². The molecule has 1 heterocycles. The van der Waals surface area contributed by atoms with Crippen LogP contribution in [-0.4, -0.2) is 26.8 Å². The van der Waals surface area contributed by atoms with Gasteiger partial charge in [-0.15, -0.1) is 5.10 Å². The Morgan fingerprint density at radius 3 is 2.80 bits per heavy atom. The van der Waals surface area contributed by atoms with E-state index < -0.39 is 0 Å². The zero-order chi connectivity index (χ0) is 17.6. The Balaban J connectivity index is 1.68. The van der Waals surface area contributed by atoms with Gasteiger partial charge in [-0.25, -0.2) is 5.10 Å². The highest BCUT2D eigenvalue weighted by molar-refractivity contribution is 7.99. The molecule has 0 unspecified atom stereocenters. The van der Waals surface area contributed by atoms with Crippen LogP contribution in [0.5, 0.6) is 11.5 Å². The van der Waals surface area contributed by atoms with Gasteiger partial charge in [-0.1, -0.05) is 41.6 Å². The standard InChI is InChI=1S/C16H14ClN5O2S/c17-10-6-7-13(24-11-4-2-1-3-5-11)12(8-10)19-14(23)9-25-16-20-15(18)21-22-16/h1-8H,9H2,(H,19,23)(H3,18,20,21,22). The summed E-state index contributed by atoms with van der Waals surface area (Å²) in [4.78, 5) is 16.1. The van der Waals surface area contributed by atoms with Crippen LogP contribution in [0.25, 0.3) is 0 Å². The number of hydrogen-bond donors (Lipinski definition) is 3. The fourth-order valence-corrected chi connectivity index (χ4v) is 2.72. The second-order valence-corrected chi connectivity index (χ2v) is 6.27. The summed E-state index contributed by atoms with van der Waals surface area (Å²) < 4.78 is 5.81. The van der Waals surface area contributed by atoms with E-state index >= 15 is 0 Å². The number of para-hydroxylation sites is 1. The molecule has 0 saturated carbocycles. The first-order valence-electron chi connectivity index (χ1n) is 7.23. The highest BCUT2D eigenvalue weighted by Crippen LogP contribution is 2.32. The average Bonchev–Trinajstić information content (AvgIpc) is 3.02. The molecule has 0 saturated heterocycles. The van der Waals surface area contributed by atoms with Crippen LogP contribution in [-0.2, 0) is 4.79 Å². The van der Waals surface area contributed by atoms with Gasteiger partial charge in [0.05, 0.1) is 11.4 Å². The lowest BCUT2D eigenvalue weighted by atomic mass is 10.3. The summed E-state index contributed by atoms with van der Waals surface area (Å²) in [6.07, 6.45) is 0. The number of anilines is 2. The van der Waals surface area contributed by atoms with Gasteiger partial charge in [0.25, 0.3) is 0 Å². The number of H-pyrrole nitrogens is 1. The van der Waals surface area contributed by atoms with Crippen molar-refractivity contribution in [2.24, 2.45) is 0 Å². The molecular weight excluding hydrogens is 362 g/mol. The fraction of sp³-hybridized carbons (Fsp3) is 0.0625. The number of halogens is 1. The highest BCUT2D eigenvalue weighted by atomic mass is 35.5. The van der Waals surface area contributed by atoms with Crippen molar-refractivity contribution in [2.45, 2.75) is 5.16 Å². The molecule has 0 fully saturated rings. The van der Waals surface area contributed by atoms with E-state index in [1.165, 1.54) is 0 Å². The lowest BCUT2D eigenvalue weighted by Crippen LogP contribution is -2.14. The van der Waals surface area contributed by atoms with Crippen molar-refractivity contribution in [1.82, 2.24) is 15.2 Å². The minimum atomic E-state index is -0.242. The van der Waals surface area contributed by atoms with Crippen molar-refractivity contribution in [2.75, 3.05) is 16.8 Å². The number of aromatic nitrogens is 3. The molecule has 25 heavy (non-hydrogen) atoms. The number of benzene rings is 2. The van der Waals surface area contributed by atoms with Gasteiger partial charge in [0.1, 0.15) is 5.75 Å². The SMILES string of the molecule is Nc1nc(SCC(=O)Nc2cc(Cl)ccc2Oc2ccccc2)n[nH]1. The summed E-state index contributed by atoms with van der Waals surface area (Å²) in [5.41, 5.74) is 5.93. The zero-order valence-corrected chi connectivity index (χ0v) is 14.5. The van der Waals surface area contributed by atoms with E-state index in [-0.39, 0.29) is 17.6 Å². The predicted molar refractivity (Wildman–Crippen MR) is 98.1 cm³/mol. The number of ether oxygens (including phenoxy) is 1. The Morgan fingerprint density at radius 2 is 2.08 bits per heavy atom. The lowest BCUT2D eigenvalue weighted by molar-refractivity contribution is -0.113. The van der Waals surface area contributed by atoms with Gasteiger partial charge in [0, 0.05) is 5.02 Å². The first-order chi connectivity index (χ1) is 12.1. The van der Waals surface area contributed by atoms with Gasteiger partial charge in [-0.05, 0) is 30.3 Å². The number of nitrogens with zero attached hydrogens (tertiary/aromatic N) is 2. The molecule has 0 bridgehead atoms. The van der Waals surface area contributed by atoms with Gasteiger partial charge in [0.2, 0.25) is 17.0 Å². The van der Waals surface area contributed by atoms with Gasteiger partial charge in [0.15, 0.2) is 5.75 Å². The van der Waals surface area contributed by atoms with E-state index in [9.17, 15) is 4.79 Å². The molecule has 0 aliphatic carbocycles. The van der Waals surface area contributed by atoms with Crippen LogP contribution in [0, 0.1) is 0 Å². The Hall–Kier alpha value is -2.71. The van der Waals surface area contributed by atoms with Crippen LogP contribution in [0.1, 0.15) is 0 Å². The molecule has 3 aromatic rings. The van der Waals surface area contributed by atoms with Crippen molar-refractivity contribution >= 4 is 40.9 Å². The number of carbonyl (C=O) groups excluding carboxylic acids is 1. The van der Waals surface area contributed by atoms with E-state index in [2.05, 4.69) is 20.5 Å². The first-order valence-corrected chi connectivity index (χ1v) is 8.59. The van der Waals surface area contributed by atoms with Crippen LogP contribution >= 0.6 is 23.4 Å². The number of hydrogen-bond acceptors (Lipinski definition) is 6. The summed E-state index contributed by atoms with van der Waals surface area (Å²) in [5.74, 6) is 1.24. The molecule has 0 aliphatic heterocycles. The van der Waals surface area contributed by atoms with E-state index in [0.717, 1.165) is 11.8 Å². The summed E-state index contributed by atoms with van der Waals surface area (Å²) in [5, 5.41) is 10.0. The molecule has 128 valence electrons. The predicted octanol–water partition coefficient (Wildman–Crippen LogP) is 3.56. The average molecular weight is 376 g/mol. The third-order valence-corrected chi connectivity index (χ3v) is 4.08. The molecule has 0 radical (unpaired) electrons. The molecule has 9 heteroatoms. The third-order valence-electron chi connectivity index (χ3n) is 3.00. The minimum absolute atomic E-state index is 0.120. The van der Waals surface area contributed by atoms with Crippen LogP contribution in [0.2, 0.25) is 5.02 Å². The number of thioether (sulfide) groups is 1. The normalized spacial score (nSPS) is 10.4. The molecule has 7 nitrogen and oxygen atoms in total. The highest BCUT2D eigenvalue weighted by Gasteiger charge is 2.12. The zero-order valence-electron chi connectivity index (χ0n) is 12.9. The quantitative estimate of drug-likeness (QED) is 0.569. The smallest absolute Gasteiger partial charge is 0.234 e. The molecule has 3 rings (SSSR count). The van der Waals surface area contributed by atoms with Crippen molar-refractivity contribution in [1.29, 1.82) is 0 Å². The topological polar surface area (TPSA) is 106 Å². The van der Waals surface area contributed by atoms with Gasteiger partial charge >= 0.3 is 0 Å². The van der Waals surface area contributed by atoms with E-state index in [4.69, 9.17) is 22.1 Å². The maximum absolute atomic E-state index is 12.2. The van der Waals surface area contributed by atoms with Crippen LogP contribution in [0.3, 0.4) is 0 Å². The van der Waals surface area contributed by atoms with Gasteiger partial charge < -0.3 is 15.8 Å². The summed E-state index contributed by atoms with van der Waals surface area (Å²) >= 11 is 7.19. The number of nitrogen functional groups attached to an aromatic ring is 1. The summed E-state index contributed by atoms with van der Waals surface area (Å²) in [7, 11) is 0. The first kappa shape index (κ1) is 17.1. The number of rotatable bonds is 6. The lowest BCUT2D eigenvalue weighted by Gasteiger charge is -2.12. The number of nitrogens with two attached hydrogens (primary N) is 1. The van der Waals surface area contributed by atoms with Crippen molar-refractivity contribution in [3.05, 3.63) is 53.6 Å². The molecule has 4 N–H and O–H groups in total. The van der Waals surface area contributed by atoms with Crippen LogP contribution in [0.15, 0.2) is 53.7 Å². The molecule has 0 aliphatic rings. The summed E-state index contributed by atoms with van der Waals surface area (Å²) in [6, 6.07) is 14.3. The maximum atomic E-state index is 12.2. The Bertz CT molecular complexity index is 872. The number of aromatic amines is 1. The Kier molecular flexibility index (Phi) is 5.42. The fourth-order valence-electron chi connectivity index (χ4n) is 1.94. The molecule has 2 aromatic carbocycles. The van der Waals surface area contributed by atoms with Crippen LogP contribution in [0.4, 0.5) is 11.6 Å². The Labute approximate surface area is 152 Å². The molecule has 1 aromatic heterocycles. The minimum Gasteiger partial charge on any atom is -0.455 e. The number of carbonyl (C=O) groups is 1. The van der Waals surface area contributed by atoms with E-state index in [0.29, 0.717) is 27.4 Å². The Morgan fingerprint density at radius 1 is 1.28 bits per heavy atom. The number of amides is 1. The molecule has 0 spiro atoms. The molecule has 0 atom stereocenters. The summed E-state index contributed by atoms with van der Waals surface area (Å²) in [6.45, 7) is 0. The van der Waals surface area contributed by atoms with Gasteiger partial charge in [-0.3, -0.25) is 4.79 Å². The second kappa shape index (κ2) is 7.91. The van der Waals surface area contributed by atoms with E-state index in [1.807, 2.05) is 30.3 Å². The second-order valence-electron chi connectivity index (χ2n) is 4.90. The molecular formula is C16H14ClN5O2S. The monoisotopic (exact) mass is 375 g/mol. The largest absolute Gasteiger partial charge is 0.455 e. The van der Waals surface area contributed by atoms with Crippen molar-refractivity contribution in [3.8, 4) is 11.5 Å². The van der Waals surface area contributed by atoms with E-state index in [1.54, 1.807) is 18.2 Å². The third kappa shape index (κ3) is 4.88. The van der Waals surface area contributed by atoms with Crippen LogP contribution < -0.4 is 15.8 Å².